The summed E-state index contributed by atoms with van der Waals surface area (Å²) in [5, 5.41) is 12.5. The summed E-state index contributed by atoms with van der Waals surface area (Å²) >= 11 is 1.42. The number of carbonyl (C=O) groups excluding carboxylic acids is 1. The molecule has 5 nitrogen and oxygen atoms in total. The average Bonchev–Trinajstić information content (AvgIpc) is 3.16. The van der Waals surface area contributed by atoms with Crippen LogP contribution in [-0.4, -0.2) is 26.4 Å². The standard InChI is InChI=1S/C22H26N4OS/c1-4-16-13-10-14-17(5-2)20(16)23-19(27)15-28-22-25-24-21(26(22)6-3)18-11-8-7-9-12-18/h7-14H,4-6,15H2,1-3H3,(H,23,27). The van der Waals surface area contributed by atoms with Gasteiger partial charge in [-0.2, -0.15) is 0 Å². The van der Waals surface area contributed by atoms with Gasteiger partial charge in [0.25, 0.3) is 0 Å². The first-order chi connectivity index (χ1) is 13.7. The van der Waals surface area contributed by atoms with Crippen LogP contribution in [-0.2, 0) is 24.2 Å². The topological polar surface area (TPSA) is 59.8 Å². The highest BCUT2D eigenvalue weighted by atomic mass is 32.2. The minimum atomic E-state index is -0.0208. The Labute approximate surface area is 170 Å². The molecule has 1 amide bonds. The molecule has 0 aliphatic heterocycles. The third-order valence-corrected chi connectivity index (χ3v) is 5.63. The smallest absolute Gasteiger partial charge is 0.234 e. The van der Waals surface area contributed by atoms with E-state index in [2.05, 4.69) is 54.5 Å². The number of anilines is 1. The normalized spacial score (nSPS) is 10.8. The lowest BCUT2D eigenvalue weighted by Gasteiger charge is -2.14. The molecule has 2 aromatic carbocycles. The second-order valence-corrected chi connectivity index (χ2v) is 7.35. The van der Waals surface area contributed by atoms with Crippen LogP contribution in [0, 0.1) is 0 Å². The van der Waals surface area contributed by atoms with E-state index in [9.17, 15) is 4.79 Å². The van der Waals surface area contributed by atoms with E-state index in [0.717, 1.165) is 41.6 Å². The quantitative estimate of drug-likeness (QED) is 0.557. The minimum Gasteiger partial charge on any atom is -0.325 e. The maximum atomic E-state index is 12.6. The fourth-order valence-electron chi connectivity index (χ4n) is 3.19. The summed E-state index contributed by atoms with van der Waals surface area (Å²) in [5.74, 6) is 1.11. The van der Waals surface area contributed by atoms with E-state index >= 15 is 0 Å². The van der Waals surface area contributed by atoms with E-state index in [1.54, 1.807) is 0 Å². The molecule has 146 valence electrons. The molecule has 0 atom stereocenters. The predicted molar refractivity (Wildman–Crippen MR) is 116 cm³/mol. The fourth-order valence-corrected chi connectivity index (χ4v) is 3.99. The summed E-state index contributed by atoms with van der Waals surface area (Å²) in [5.41, 5.74) is 4.32. The number of benzene rings is 2. The number of thioether (sulfide) groups is 1. The van der Waals surface area contributed by atoms with Crippen molar-refractivity contribution in [3.8, 4) is 11.4 Å². The van der Waals surface area contributed by atoms with Crippen molar-refractivity contribution in [3.63, 3.8) is 0 Å². The maximum absolute atomic E-state index is 12.6. The molecule has 0 spiro atoms. The number of amides is 1. The van der Waals surface area contributed by atoms with Crippen LogP contribution in [0.4, 0.5) is 5.69 Å². The van der Waals surface area contributed by atoms with Gasteiger partial charge in [-0.25, -0.2) is 0 Å². The van der Waals surface area contributed by atoms with Crippen LogP contribution in [0.25, 0.3) is 11.4 Å². The largest absolute Gasteiger partial charge is 0.325 e. The maximum Gasteiger partial charge on any atom is 0.234 e. The van der Waals surface area contributed by atoms with Gasteiger partial charge in [0.2, 0.25) is 5.91 Å². The number of nitrogens with zero attached hydrogens (tertiary/aromatic N) is 3. The summed E-state index contributed by atoms with van der Waals surface area (Å²) in [6.07, 6.45) is 1.78. The Balaban J connectivity index is 1.72. The summed E-state index contributed by atoms with van der Waals surface area (Å²) in [7, 11) is 0. The molecular formula is C22H26N4OS. The monoisotopic (exact) mass is 394 g/mol. The Morgan fingerprint density at radius 3 is 2.25 bits per heavy atom. The van der Waals surface area contributed by atoms with Crippen LogP contribution in [0.5, 0.6) is 0 Å². The molecule has 1 heterocycles. The number of nitrogens with one attached hydrogen (secondary N) is 1. The van der Waals surface area contributed by atoms with Crippen molar-refractivity contribution < 1.29 is 4.79 Å². The number of carbonyl (C=O) groups is 1. The molecule has 0 unspecified atom stereocenters. The Morgan fingerprint density at radius 1 is 0.964 bits per heavy atom. The van der Waals surface area contributed by atoms with E-state index < -0.39 is 0 Å². The second kappa shape index (κ2) is 9.55. The van der Waals surface area contributed by atoms with Crippen molar-refractivity contribution >= 4 is 23.4 Å². The highest BCUT2D eigenvalue weighted by molar-refractivity contribution is 7.99. The lowest BCUT2D eigenvalue weighted by Crippen LogP contribution is -2.17. The van der Waals surface area contributed by atoms with Crippen LogP contribution in [0.1, 0.15) is 31.9 Å². The van der Waals surface area contributed by atoms with Gasteiger partial charge in [0.15, 0.2) is 11.0 Å². The van der Waals surface area contributed by atoms with Crippen molar-refractivity contribution in [3.05, 3.63) is 59.7 Å². The molecule has 0 radical (unpaired) electrons. The minimum absolute atomic E-state index is 0.0208. The Hall–Kier alpha value is -2.60. The van der Waals surface area contributed by atoms with E-state index in [0.29, 0.717) is 5.75 Å². The van der Waals surface area contributed by atoms with Crippen molar-refractivity contribution in [2.45, 2.75) is 45.3 Å². The van der Waals surface area contributed by atoms with Crippen LogP contribution in [0.15, 0.2) is 53.7 Å². The molecule has 0 fully saturated rings. The van der Waals surface area contributed by atoms with Gasteiger partial charge in [0.05, 0.1) is 5.75 Å². The predicted octanol–water partition coefficient (Wildman–Crippen LogP) is 4.82. The van der Waals surface area contributed by atoms with Gasteiger partial charge in [-0.05, 0) is 30.9 Å². The van der Waals surface area contributed by atoms with Crippen molar-refractivity contribution in [2.24, 2.45) is 0 Å². The molecule has 6 heteroatoms. The third kappa shape index (κ3) is 4.44. The highest BCUT2D eigenvalue weighted by Crippen LogP contribution is 2.25. The van der Waals surface area contributed by atoms with E-state index in [1.165, 1.54) is 22.9 Å². The van der Waals surface area contributed by atoms with Gasteiger partial charge in [0.1, 0.15) is 0 Å². The van der Waals surface area contributed by atoms with Crippen molar-refractivity contribution in [1.82, 2.24) is 14.8 Å². The number of aromatic nitrogens is 3. The number of para-hydroxylation sites is 1. The molecule has 0 aliphatic carbocycles. The molecule has 0 aliphatic rings. The van der Waals surface area contributed by atoms with E-state index in [-0.39, 0.29) is 5.91 Å². The lowest BCUT2D eigenvalue weighted by atomic mass is 10.0. The fraction of sp³-hybridized carbons (Fsp3) is 0.318. The number of rotatable bonds is 8. The first-order valence-electron chi connectivity index (χ1n) is 9.69. The second-order valence-electron chi connectivity index (χ2n) is 6.41. The zero-order valence-corrected chi connectivity index (χ0v) is 17.4. The zero-order valence-electron chi connectivity index (χ0n) is 16.6. The summed E-state index contributed by atoms with van der Waals surface area (Å²) in [6, 6.07) is 16.2. The number of hydrogen-bond acceptors (Lipinski definition) is 4. The van der Waals surface area contributed by atoms with Crippen molar-refractivity contribution in [2.75, 3.05) is 11.1 Å². The van der Waals surface area contributed by atoms with E-state index in [4.69, 9.17) is 0 Å². The van der Waals surface area contributed by atoms with Crippen LogP contribution >= 0.6 is 11.8 Å². The Kier molecular flexibility index (Phi) is 6.87. The van der Waals surface area contributed by atoms with Gasteiger partial charge in [-0.15, -0.1) is 10.2 Å². The van der Waals surface area contributed by atoms with E-state index in [1.807, 2.05) is 34.9 Å². The van der Waals surface area contributed by atoms with Gasteiger partial charge in [-0.1, -0.05) is 74.1 Å². The lowest BCUT2D eigenvalue weighted by molar-refractivity contribution is -0.113. The summed E-state index contributed by atoms with van der Waals surface area (Å²) in [6.45, 7) is 7.02. The number of hydrogen-bond donors (Lipinski definition) is 1. The Bertz CT molecular complexity index is 915. The van der Waals surface area contributed by atoms with Gasteiger partial charge < -0.3 is 9.88 Å². The first-order valence-corrected chi connectivity index (χ1v) is 10.7. The Morgan fingerprint density at radius 2 is 1.64 bits per heavy atom. The zero-order chi connectivity index (χ0) is 19.9. The average molecular weight is 395 g/mol. The molecule has 1 aromatic heterocycles. The molecule has 0 saturated carbocycles. The van der Waals surface area contributed by atoms with Crippen molar-refractivity contribution in [1.29, 1.82) is 0 Å². The summed E-state index contributed by atoms with van der Waals surface area (Å²) in [4.78, 5) is 12.6. The molecule has 0 saturated heterocycles. The first kappa shape index (κ1) is 20.1. The van der Waals surface area contributed by atoms with Gasteiger partial charge in [-0.3, -0.25) is 4.79 Å². The summed E-state index contributed by atoms with van der Waals surface area (Å²) < 4.78 is 2.05. The molecule has 0 bridgehead atoms. The highest BCUT2D eigenvalue weighted by Gasteiger charge is 2.15. The molecule has 3 rings (SSSR count). The van der Waals surface area contributed by atoms with Crippen LogP contribution in [0.3, 0.4) is 0 Å². The molecule has 1 N–H and O–H groups in total. The third-order valence-electron chi connectivity index (χ3n) is 4.66. The number of aryl methyl sites for hydroxylation is 2. The molecule has 28 heavy (non-hydrogen) atoms. The van der Waals surface area contributed by atoms with Crippen LogP contribution in [0.2, 0.25) is 0 Å². The SMILES string of the molecule is CCc1cccc(CC)c1NC(=O)CSc1nnc(-c2ccccc2)n1CC. The molecular weight excluding hydrogens is 368 g/mol. The van der Waals surface area contributed by atoms with Crippen LogP contribution < -0.4 is 5.32 Å². The molecule has 3 aromatic rings. The van der Waals surface area contributed by atoms with Gasteiger partial charge in [0, 0.05) is 17.8 Å². The van der Waals surface area contributed by atoms with Gasteiger partial charge >= 0.3 is 0 Å².